The average molecular weight is 483 g/mol. The number of carbonyl (C=O) groups is 3. The fourth-order valence-corrected chi connectivity index (χ4v) is 4.91. The van der Waals surface area contributed by atoms with E-state index in [1.807, 2.05) is 11.8 Å². The third-order valence-corrected chi connectivity index (χ3v) is 6.77. The lowest BCUT2D eigenvalue weighted by Crippen LogP contribution is -2.43. The number of piperidine rings is 1. The van der Waals surface area contributed by atoms with E-state index >= 15 is 0 Å². The van der Waals surface area contributed by atoms with Gasteiger partial charge in [0.25, 0.3) is 5.56 Å². The molecule has 1 aliphatic heterocycles. The van der Waals surface area contributed by atoms with Crippen molar-refractivity contribution in [3.8, 4) is 0 Å². The highest BCUT2D eigenvalue weighted by atomic mass is 32.1. The summed E-state index contributed by atoms with van der Waals surface area (Å²) in [6.45, 7) is 5.07. The number of aromatic nitrogens is 3. The fourth-order valence-electron chi connectivity index (χ4n) is 3.91. The second-order valence-electron chi connectivity index (χ2n) is 8.19. The van der Waals surface area contributed by atoms with E-state index in [2.05, 4.69) is 20.6 Å². The van der Waals surface area contributed by atoms with E-state index < -0.39 is 0 Å². The number of hydrogen-bond donors (Lipinski definition) is 2. The summed E-state index contributed by atoms with van der Waals surface area (Å²) in [5.74, 6) is -0.518. The number of thiazole rings is 1. The molecule has 1 saturated heterocycles. The second kappa shape index (κ2) is 10.1. The van der Waals surface area contributed by atoms with Crippen molar-refractivity contribution in [2.24, 2.45) is 5.92 Å². The van der Waals surface area contributed by atoms with E-state index in [0.29, 0.717) is 39.8 Å². The number of carbonyl (C=O) groups excluding carboxylic acids is 3. The van der Waals surface area contributed by atoms with Crippen LogP contribution in [0.4, 0.5) is 10.8 Å². The first-order valence-electron chi connectivity index (χ1n) is 11.1. The molecule has 3 aromatic rings. The number of nitrogens with one attached hydrogen (secondary N) is 2. The summed E-state index contributed by atoms with van der Waals surface area (Å²) in [5, 5.41) is 6.24. The van der Waals surface area contributed by atoms with E-state index in [1.54, 1.807) is 24.3 Å². The van der Waals surface area contributed by atoms with E-state index in [-0.39, 0.29) is 35.6 Å². The molecule has 0 bridgehead atoms. The molecule has 10 nitrogen and oxygen atoms in total. The number of fused-ring (bicyclic) bond motifs is 1. The number of rotatable bonds is 7. The maximum Gasteiger partial charge on any atom is 0.273 e. The van der Waals surface area contributed by atoms with E-state index in [1.165, 1.54) is 29.2 Å². The first-order valence-corrected chi connectivity index (χ1v) is 12.0. The lowest BCUT2D eigenvalue weighted by atomic mass is 9.97. The quantitative estimate of drug-likeness (QED) is 0.494. The minimum Gasteiger partial charge on any atom is -0.356 e. The topological polar surface area (TPSA) is 126 Å². The van der Waals surface area contributed by atoms with Gasteiger partial charge in [-0.2, -0.15) is 4.98 Å². The van der Waals surface area contributed by atoms with Gasteiger partial charge in [0.05, 0.1) is 5.92 Å². The molecule has 4 rings (SSSR count). The average Bonchev–Trinajstić information content (AvgIpc) is 3.27. The highest BCUT2D eigenvalue weighted by Gasteiger charge is 2.27. The highest BCUT2D eigenvalue weighted by Crippen LogP contribution is 2.29. The minimum absolute atomic E-state index is 0.0377. The summed E-state index contributed by atoms with van der Waals surface area (Å²) in [4.78, 5) is 59.9. The Balaban J connectivity index is 1.47. The standard InChI is InChI=1S/C23H26N6O4S/c1-3-24-21(32)16-5-4-10-28(11-16)23-27-20-19(34-23)22(33)29(13-25-20)12-18(31)26-17-8-6-15(7-9-17)14(2)30/h6-9,13,16H,3-5,10-12H2,1-2H3,(H,24,32)(H,26,31). The number of ketones is 1. The minimum atomic E-state index is -0.385. The predicted octanol–water partition coefficient (Wildman–Crippen LogP) is 2.05. The fraction of sp³-hybridized carbons (Fsp3) is 0.391. The van der Waals surface area contributed by atoms with Crippen molar-refractivity contribution in [3.63, 3.8) is 0 Å². The molecular formula is C23H26N6O4S. The smallest absolute Gasteiger partial charge is 0.273 e. The van der Waals surface area contributed by atoms with Crippen LogP contribution in [-0.4, -0.2) is 51.8 Å². The molecule has 0 aliphatic carbocycles. The van der Waals surface area contributed by atoms with Gasteiger partial charge in [-0.1, -0.05) is 11.3 Å². The van der Waals surface area contributed by atoms with Crippen LogP contribution in [0.3, 0.4) is 0 Å². The molecule has 1 fully saturated rings. The van der Waals surface area contributed by atoms with E-state index in [4.69, 9.17) is 0 Å². The zero-order chi connectivity index (χ0) is 24.2. The van der Waals surface area contributed by atoms with Gasteiger partial charge in [-0.15, -0.1) is 0 Å². The summed E-state index contributed by atoms with van der Waals surface area (Å²) < 4.78 is 1.62. The zero-order valence-electron chi connectivity index (χ0n) is 19.0. The lowest BCUT2D eigenvalue weighted by molar-refractivity contribution is -0.125. The number of Topliss-reactive ketones (excluding diaryl/α,β-unsaturated/α-hetero) is 1. The number of hydrogen-bond acceptors (Lipinski definition) is 8. The first-order chi connectivity index (χ1) is 16.4. The Morgan fingerprint density at radius 1 is 1.21 bits per heavy atom. The van der Waals surface area contributed by atoms with Crippen molar-refractivity contribution in [2.45, 2.75) is 33.2 Å². The van der Waals surface area contributed by atoms with Crippen LogP contribution < -0.4 is 21.1 Å². The molecule has 2 amide bonds. The van der Waals surface area contributed by atoms with Gasteiger partial charge >= 0.3 is 0 Å². The van der Waals surface area contributed by atoms with Crippen molar-refractivity contribution >= 4 is 50.1 Å². The largest absolute Gasteiger partial charge is 0.356 e. The summed E-state index contributed by atoms with van der Waals surface area (Å²) in [7, 11) is 0. The summed E-state index contributed by atoms with van der Waals surface area (Å²) in [6, 6.07) is 6.54. The second-order valence-corrected chi connectivity index (χ2v) is 9.17. The molecule has 2 aromatic heterocycles. The van der Waals surface area contributed by atoms with Gasteiger partial charge in [-0.25, -0.2) is 4.98 Å². The molecule has 0 radical (unpaired) electrons. The van der Waals surface area contributed by atoms with Gasteiger partial charge in [0.1, 0.15) is 17.6 Å². The maximum atomic E-state index is 13.0. The van der Waals surface area contributed by atoms with Crippen LogP contribution in [0.2, 0.25) is 0 Å². The Bertz CT molecular complexity index is 1280. The van der Waals surface area contributed by atoms with Gasteiger partial charge < -0.3 is 15.5 Å². The van der Waals surface area contributed by atoms with Gasteiger partial charge in [-0.3, -0.25) is 23.7 Å². The molecule has 34 heavy (non-hydrogen) atoms. The molecule has 1 aromatic carbocycles. The van der Waals surface area contributed by atoms with Crippen LogP contribution in [-0.2, 0) is 16.1 Å². The molecule has 0 saturated carbocycles. The highest BCUT2D eigenvalue weighted by molar-refractivity contribution is 7.22. The number of nitrogens with zero attached hydrogens (tertiary/aromatic N) is 4. The van der Waals surface area contributed by atoms with Gasteiger partial charge in [-0.05, 0) is 51.0 Å². The van der Waals surface area contributed by atoms with Crippen molar-refractivity contribution < 1.29 is 14.4 Å². The van der Waals surface area contributed by atoms with Crippen molar-refractivity contribution in [1.29, 1.82) is 0 Å². The van der Waals surface area contributed by atoms with Crippen molar-refractivity contribution in [1.82, 2.24) is 19.9 Å². The Hall–Kier alpha value is -3.60. The molecule has 0 spiro atoms. The van der Waals surface area contributed by atoms with Crippen LogP contribution in [0.5, 0.6) is 0 Å². The third-order valence-electron chi connectivity index (χ3n) is 5.68. The SMILES string of the molecule is CCNC(=O)C1CCCN(c2nc3ncn(CC(=O)Nc4ccc(C(C)=O)cc4)c(=O)c3s2)C1. The Morgan fingerprint density at radius 2 is 1.97 bits per heavy atom. The Labute approximate surface area is 200 Å². The van der Waals surface area contributed by atoms with E-state index in [0.717, 1.165) is 19.4 Å². The molecule has 11 heteroatoms. The van der Waals surface area contributed by atoms with Gasteiger partial charge in [0.15, 0.2) is 16.6 Å². The van der Waals surface area contributed by atoms with Crippen LogP contribution in [0.25, 0.3) is 10.3 Å². The predicted molar refractivity (Wildman–Crippen MR) is 130 cm³/mol. The Morgan fingerprint density at radius 3 is 2.68 bits per heavy atom. The summed E-state index contributed by atoms with van der Waals surface area (Å²) >= 11 is 1.23. The van der Waals surface area contributed by atoms with Gasteiger partial charge in [0.2, 0.25) is 11.8 Å². The lowest BCUT2D eigenvalue weighted by Gasteiger charge is -2.31. The molecular weight excluding hydrogens is 456 g/mol. The van der Waals surface area contributed by atoms with Crippen LogP contribution in [0.1, 0.15) is 37.0 Å². The van der Waals surface area contributed by atoms with E-state index in [9.17, 15) is 19.2 Å². The molecule has 1 atom stereocenters. The first kappa shape index (κ1) is 23.6. The monoisotopic (exact) mass is 482 g/mol. The molecule has 3 heterocycles. The molecule has 1 unspecified atom stereocenters. The Kier molecular flexibility index (Phi) is 7.01. The van der Waals surface area contributed by atoms with Crippen LogP contribution >= 0.6 is 11.3 Å². The third kappa shape index (κ3) is 5.14. The summed E-state index contributed by atoms with van der Waals surface area (Å²) in [5.41, 5.74) is 1.08. The molecule has 1 aliphatic rings. The number of benzene rings is 1. The zero-order valence-corrected chi connectivity index (χ0v) is 19.9. The molecule has 178 valence electrons. The van der Waals surface area contributed by atoms with Crippen LogP contribution in [0.15, 0.2) is 35.4 Å². The van der Waals surface area contributed by atoms with Gasteiger partial charge in [0, 0.05) is 30.9 Å². The number of amides is 2. The maximum absolute atomic E-state index is 13.0. The normalized spacial score (nSPS) is 15.8. The van der Waals surface area contributed by atoms with Crippen LogP contribution in [0, 0.1) is 5.92 Å². The molecule has 2 N–H and O–H groups in total. The van der Waals surface area contributed by atoms with Crippen molar-refractivity contribution in [2.75, 3.05) is 29.9 Å². The summed E-state index contributed by atoms with van der Waals surface area (Å²) in [6.07, 6.45) is 3.01. The van der Waals surface area contributed by atoms with Crippen molar-refractivity contribution in [3.05, 3.63) is 46.5 Å². The number of anilines is 2.